The van der Waals surface area contributed by atoms with E-state index in [9.17, 15) is 5.11 Å². The standard InChI is InChI=1S/C13H17N3O2/c1-10-9-18-7-6-15(10)13-11(8-17)16-5-3-2-4-12(16)14-13/h2-5,10,17H,6-9H2,1H3. The minimum Gasteiger partial charge on any atom is -0.390 e. The fourth-order valence-corrected chi connectivity index (χ4v) is 2.45. The summed E-state index contributed by atoms with van der Waals surface area (Å²) in [5.74, 6) is 0.875. The van der Waals surface area contributed by atoms with E-state index in [1.54, 1.807) is 0 Å². The summed E-state index contributed by atoms with van der Waals surface area (Å²) in [5, 5.41) is 9.60. The Morgan fingerprint density at radius 1 is 1.50 bits per heavy atom. The molecule has 1 aliphatic heterocycles. The van der Waals surface area contributed by atoms with Gasteiger partial charge in [0.25, 0.3) is 0 Å². The minimum atomic E-state index is -0.00933. The maximum atomic E-state index is 9.60. The highest BCUT2D eigenvalue weighted by Crippen LogP contribution is 2.24. The van der Waals surface area contributed by atoms with Crippen LogP contribution in [-0.2, 0) is 11.3 Å². The number of aromatic nitrogens is 2. The van der Waals surface area contributed by atoms with Gasteiger partial charge in [-0.1, -0.05) is 6.07 Å². The molecule has 0 aliphatic carbocycles. The molecule has 0 bridgehead atoms. The molecule has 0 aromatic carbocycles. The van der Waals surface area contributed by atoms with Crippen molar-refractivity contribution in [3.05, 3.63) is 30.1 Å². The number of fused-ring (bicyclic) bond motifs is 1. The molecule has 0 spiro atoms. The van der Waals surface area contributed by atoms with Crippen molar-refractivity contribution in [1.29, 1.82) is 0 Å². The summed E-state index contributed by atoms with van der Waals surface area (Å²) in [6.07, 6.45) is 1.93. The van der Waals surface area contributed by atoms with Crippen molar-refractivity contribution < 1.29 is 9.84 Å². The second kappa shape index (κ2) is 4.59. The van der Waals surface area contributed by atoms with E-state index in [1.807, 2.05) is 28.8 Å². The first-order valence-corrected chi connectivity index (χ1v) is 6.22. The molecule has 1 unspecified atom stereocenters. The Bertz CT molecular complexity index is 552. The van der Waals surface area contributed by atoms with Gasteiger partial charge in [-0.05, 0) is 19.1 Å². The van der Waals surface area contributed by atoms with E-state index in [-0.39, 0.29) is 12.6 Å². The molecule has 1 fully saturated rings. The molecule has 1 atom stereocenters. The van der Waals surface area contributed by atoms with Gasteiger partial charge in [0.1, 0.15) is 5.65 Å². The van der Waals surface area contributed by atoms with Gasteiger partial charge in [0.05, 0.1) is 31.6 Å². The number of aliphatic hydroxyl groups is 1. The van der Waals surface area contributed by atoms with E-state index in [1.165, 1.54) is 0 Å². The number of hydrogen-bond donors (Lipinski definition) is 1. The number of anilines is 1. The van der Waals surface area contributed by atoms with Gasteiger partial charge in [0, 0.05) is 12.7 Å². The summed E-state index contributed by atoms with van der Waals surface area (Å²) >= 11 is 0. The summed E-state index contributed by atoms with van der Waals surface area (Å²) < 4.78 is 7.38. The van der Waals surface area contributed by atoms with Crippen molar-refractivity contribution in [3.63, 3.8) is 0 Å². The highest BCUT2D eigenvalue weighted by Gasteiger charge is 2.24. The molecule has 18 heavy (non-hydrogen) atoms. The quantitative estimate of drug-likeness (QED) is 0.862. The molecular formula is C13H17N3O2. The van der Waals surface area contributed by atoms with Crippen molar-refractivity contribution in [2.45, 2.75) is 19.6 Å². The molecule has 0 radical (unpaired) electrons. The number of ether oxygens (including phenoxy) is 1. The number of morpholine rings is 1. The summed E-state index contributed by atoms with van der Waals surface area (Å²) in [4.78, 5) is 6.84. The third-order valence-corrected chi connectivity index (χ3v) is 3.40. The Hall–Kier alpha value is -1.59. The van der Waals surface area contributed by atoms with Crippen LogP contribution in [0.3, 0.4) is 0 Å². The van der Waals surface area contributed by atoms with Crippen molar-refractivity contribution in [2.75, 3.05) is 24.7 Å². The van der Waals surface area contributed by atoms with Gasteiger partial charge in [0.15, 0.2) is 5.82 Å². The predicted molar refractivity (Wildman–Crippen MR) is 68.7 cm³/mol. The molecule has 1 aliphatic rings. The zero-order chi connectivity index (χ0) is 12.5. The fraction of sp³-hybridized carbons (Fsp3) is 0.462. The molecule has 2 aromatic heterocycles. The third kappa shape index (κ3) is 1.76. The maximum absolute atomic E-state index is 9.60. The third-order valence-electron chi connectivity index (χ3n) is 3.40. The molecule has 3 heterocycles. The number of rotatable bonds is 2. The first kappa shape index (κ1) is 11.5. The van der Waals surface area contributed by atoms with Crippen LogP contribution in [0.15, 0.2) is 24.4 Å². The fourth-order valence-electron chi connectivity index (χ4n) is 2.45. The molecule has 2 aromatic rings. The number of nitrogens with zero attached hydrogens (tertiary/aromatic N) is 3. The molecule has 5 heteroatoms. The number of hydrogen-bond acceptors (Lipinski definition) is 4. The Labute approximate surface area is 106 Å². The van der Waals surface area contributed by atoms with E-state index in [4.69, 9.17) is 4.74 Å². The van der Waals surface area contributed by atoms with Gasteiger partial charge in [-0.3, -0.25) is 4.40 Å². The molecule has 3 rings (SSSR count). The van der Waals surface area contributed by atoms with Crippen LogP contribution in [0.1, 0.15) is 12.6 Å². The SMILES string of the molecule is CC1COCCN1c1nc2ccccn2c1CO. The lowest BCUT2D eigenvalue weighted by molar-refractivity contribution is 0.0983. The van der Waals surface area contributed by atoms with Crippen LogP contribution in [-0.4, -0.2) is 40.3 Å². The second-order valence-electron chi connectivity index (χ2n) is 4.59. The van der Waals surface area contributed by atoms with Crippen LogP contribution in [0.25, 0.3) is 5.65 Å². The zero-order valence-electron chi connectivity index (χ0n) is 10.4. The van der Waals surface area contributed by atoms with E-state index in [0.717, 1.165) is 23.7 Å². The Morgan fingerprint density at radius 3 is 3.17 bits per heavy atom. The van der Waals surface area contributed by atoms with Crippen LogP contribution < -0.4 is 4.90 Å². The Kier molecular flexibility index (Phi) is 2.93. The van der Waals surface area contributed by atoms with Crippen molar-refractivity contribution in [2.24, 2.45) is 0 Å². The normalized spacial score (nSPS) is 20.6. The summed E-state index contributed by atoms with van der Waals surface area (Å²) in [5.41, 5.74) is 1.72. The predicted octanol–water partition coefficient (Wildman–Crippen LogP) is 1.05. The van der Waals surface area contributed by atoms with Gasteiger partial charge in [-0.25, -0.2) is 4.98 Å². The lowest BCUT2D eigenvalue weighted by Gasteiger charge is -2.34. The molecular weight excluding hydrogens is 230 g/mol. The highest BCUT2D eigenvalue weighted by molar-refractivity contribution is 5.56. The van der Waals surface area contributed by atoms with Gasteiger partial charge in [0.2, 0.25) is 0 Å². The van der Waals surface area contributed by atoms with Crippen molar-refractivity contribution >= 4 is 11.5 Å². The number of imidazole rings is 1. The van der Waals surface area contributed by atoms with E-state index >= 15 is 0 Å². The summed E-state index contributed by atoms with van der Waals surface area (Å²) in [7, 11) is 0. The monoisotopic (exact) mass is 247 g/mol. The Morgan fingerprint density at radius 2 is 2.39 bits per heavy atom. The molecule has 1 N–H and O–H groups in total. The van der Waals surface area contributed by atoms with Crippen molar-refractivity contribution in [1.82, 2.24) is 9.38 Å². The lowest BCUT2D eigenvalue weighted by atomic mass is 10.2. The molecule has 1 saturated heterocycles. The van der Waals surface area contributed by atoms with Gasteiger partial charge < -0.3 is 14.7 Å². The van der Waals surface area contributed by atoms with Gasteiger partial charge >= 0.3 is 0 Å². The molecule has 0 amide bonds. The van der Waals surface area contributed by atoms with Crippen LogP contribution >= 0.6 is 0 Å². The lowest BCUT2D eigenvalue weighted by Crippen LogP contribution is -2.44. The second-order valence-corrected chi connectivity index (χ2v) is 4.59. The smallest absolute Gasteiger partial charge is 0.153 e. The maximum Gasteiger partial charge on any atom is 0.153 e. The topological polar surface area (TPSA) is 50.0 Å². The van der Waals surface area contributed by atoms with Crippen LogP contribution in [0.2, 0.25) is 0 Å². The summed E-state index contributed by atoms with van der Waals surface area (Å²) in [6.45, 7) is 4.34. The molecule has 0 saturated carbocycles. The molecule has 96 valence electrons. The average molecular weight is 247 g/mol. The first-order valence-electron chi connectivity index (χ1n) is 6.22. The minimum absolute atomic E-state index is 0.00933. The van der Waals surface area contributed by atoms with E-state index < -0.39 is 0 Å². The first-order chi connectivity index (χ1) is 8.81. The zero-order valence-corrected chi connectivity index (χ0v) is 10.4. The molecule has 5 nitrogen and oxygen atoms in total. The number of aliphatic hydroxyl groups excluding tert-OH is 1. The Balaban J connectivity index is 2.10. The van der Waals surface area contributed by atoms with E-state index in [0.29, 0.717) is 13.2 Å². The highest BCUT2D eigenvalue weighted by atomic mass is 16.5. The largest absolute Gasteiger partial charge is 0.390 e. The van der Waals surface area contributed by atoms with Gasteiger partial charge in [-0.15, -0.1) is 0 Å². The van der Waals surface area contributed by atoms with Crippen LogP contribution in [0.4, 0.5) is 5.82 Å². The average Bonchev–Trinajstić information content (AvgIpc) is 2.77. The number of pyridine rings is 1. The van der Waals surface area contributed by atoms with Crippen LogP contribution in [0.5, 0.6) is 0 Å². The summed E-state index contributed by atoms with van der Waals surface area (Å²) in [6, 6.07) is 6.14. The van der Waals surface area contributed by atoms with Crippen molar-refractivity contribution in [3.8, 4) is 0 Å². The van der Waals surface area contributed by atoms with Gasteiger partial charge in [-0.2, -0.15) is 0 Å². The van der Waals surface area contributed by atoms with Crippen LogP contribution in [0, 0.1) is 0 Å². The van der Waals surface area contributed by atoms with E-state index in [2.05, 4.69) is 16.8 Å².